The standard InChI is InChI=1S/C12H8Cl2O3/c1-16-12-5-9(13)8(4-10(12)14)11-3-2-7(6-15)17-11/h2-6H,1H3. The maximum Gasteiger partial charge on any atom is 0.185 e. The molecule has 1 aromatic carbocycles. The van der Waals surface area contributed by atoms with E-state index in [1.165, 1.54) is 7.11 Å². The van der Waals surface area contributed by atoms with Crippen molar-refractivity contribution >= 4 is 29.5 Å². The molecule has 0 aliphatic rings. The lowest BCUT2D eigenvalue weighted by Gasteiger charge is -2.06. The van der Waals surface area contributed by atoms with Gasteiger partial charge in [0.1, 0.15) is 11.5 Å². The van der Waals surface area contributed by atoms with Gasteiger partial charge in [-0.3, -0.25) is 4.79 Å². The molecule has 0 bridgehead atoms. The van der Waals surface area contributed by atoms with Gasteiger partial charge in [-0.25, -0.2) is 0 Å². The van der Waals surface area contributed by atoms with E-state index in [9.17, 15) is 4.79 Å². The molecule has 17 heavy (non-hydrogen) atoms. The molecule has 0 saturated carbocycles. The zero-order chi connectivity index (χ0) is 12.4. The number of hydrogen-bond acceptors (Lipinski definition) is 3. The van der Waals surface area contributed by atoms with Gasteiger partial charge in [0.2, 0.25) is 0 Å². The fourth-order valence-corrected chi connectivity index (χ4v) is 1.92. The zero-order valence-corrected chi connectivity index (χ0v) is 10.4. The Morgan fingerprint density at radius 1 is 1.24 bits per heavy atom. The number of carbonyl (C=O) groups excluding carboxylic acids is 1. The van der Waals surface area contributed by atoms with Gasteiger partial charge in [-0.2, -0.15) is 0 Å². The van der Waals surface area contributed by atoms with Crippen LogP contribution in [0.2, 0.25) is 10.0 Å². The Balaban J connectivity index is 2.52. The first-order valence-corrected chi connectivity index (χ1v) is 5.49. The fraction of sp³-hybridized carbons (Fsp3) is 0.0833. The minimum absolute atomic E-state index is 0.239. The van der Waals surface area contributed by atoms with Gasteiger partial charge in [-0.15, -0.1) is 0 Å². The maximum absolute atomic E-state index is 10.5. The summed E-state index contributed by atoms with van der Waals surface area (Å²) in [5.74, 6) is 1.22. The van der Waals surface area contributed by atoms with Gasteiger partial charge in [0, 0.05) is 11.6 Å². The first-order valence-electron chi connectivity index (χ1n) is 4.74. The Kier molecular flexibility index (Phi) is 3.41. The molecule has 3 nitrogen and oxygen atoms in total. The molecule has 0 atom stereocenters. The molecular formula is C12H8Cl2O3. The van der Waals surface area contributed by atoms with Gasteiger partial charge < -0.3 is 9.15 Å². The van der Waals surface area contributed by atoms with Crippen molar-refractivity contribution in [3.05, 3.63) is 40.1 Å². The van der Waals surface area contributed by atoms with Crippen molar-refractivity contribution in [3.63, 3.8) is 0 Å². The molecule has 1 heterocycles. The quantitative estimate of drug-likeness (QED) is 0.790. The van der Waals surface area contributed by atoms with E-state index in [2.05, 4.69) is 0 Å². The molecule has 0 radical (unpaired) electrons. The van der Waals surface area contributed by atoms with Crippen LogP contribution in [-0.2, 0) is 0 Å². The molecule has 0 aliphatic heterocycles. The lowest BCUT2D eigenvalue weighted by atomic mass is 10.1. The molecule has 0 amide bonds. The normalized spacial score (nSPS) is 10.3. The predicted octanol–water partition coefficient (Wildman–Crippen LogP) is 4.07. The number of carbonyl (C=O) groups is 1. The first-order chi connectivity index (χ1) is 8.15. The van der Waals surface area contributed by atoms with Crippen molar-refractivity contribution in [2.75, 3.05) is 7.11 Å². The average molecular weight is 271 g/mol. The Hall–Kier alpha value is -1.45. The highest BCUT2D eigenvalue weighted by Crippen LogP contribution is 2.37. The van der Waals surface area contributed by atoms with Crippen LogP contribution in [0.15, 0.2) is 28.7 Å². The molecule has 2 aromatic rings. The van der Waals surface area contributed by atoms with Gasteiger partial charge in [0.15, 0.2) is 12.0 Å². The molecule has 0 N–H and O–H groups in total. The minimum atomic E-state index is 0.239. The summed E-state index contributed by atoms with van der Waals surface area (Å²) in [5, 5.41) is 0.869. The number of rotatable bonds is 3. The second-order valence-corrected chi connectivity index (χ2v) is 4.10. The van der Waals surface area contributed by atoms with E-state index in [1.807, 2.05) is 0 Å². The average Bonchev–Trinajstić information content (AvgIpc) is 2.80. The third kappa shape index (κ3) is 2.30. The van der Waals surface area contributed by atoms with Crippen molar-refractivity contribution in [1.82, 2.24) is 0 Å². The van der Waals surface area contributed by atoms with Crippen LogP contribution < -0.4 is 4.74 Å². The van der Waals surface area contributed by atoms with Crippen LogP contribution in [0.1, 0.15) is 10.6 Å². The van der Waals surface area contributed by atoms with E-state index >= 15 is 0 Å². The van der Waals surface area contributed by atoms with Crippen molar-refractivity contribution in [1.29, 1.82) is 0 Å². The molecule has 0 aliphatic carbocycles. The second kappa shape index (κ2) is 4.82. The molecule has 1 aromatic heterocycles. The van der Waals surface area contributed by atoms with Crippen LogP contribution >= 0.6 is 23.2 Å². The van der Waals surface area contributed by atoms with Crippen LogP contribution in [0.5, 0.6) is 5.75 Å². The summed E-state index contributed by atoms with van der Waals surface area (Å²) >= 11 is 12.1. The first kappa shape index (κ1) is 12.0. The number of methoxy groups -OCH3 is 1. The fourth-order valence-electron chi connectivity index (χ4n) is 1.43. The summed E-state index contributed by atoms with van der Waals surface area (Å²) in [7, 11) is 1.51. The lowest BCUT2D eigenvalue weighted by Crippen LogP contribution is -1.86. The monoisotopic (exact) mass is 270 g/mol. The van der Waals surface area contributed by atoms with Crippen LogP contribution in [-0.4, -0.2) is 13.4 Å². The summed E-state index contributed by atoms with van der Waals surface area (Å²) in [5.41, 5.74) is 0.616. The van der Waals surface area contributed by atoms with E-state index < -0.39 is 0 Å². The molecule has 5 heteroatoms. The topological polar surface area (TPSA) is 39.4 Å². The van der Waals surface area contributed by atoms with E-state index in [4.69, 9.17) is 32.4 Å². The summed E-state index contributed by atoms with van der Waals surface area (Å²) < 4.78 is 10.3. The molecule has 0 fully saturated rings. The molecule has 88 valence electrons. The van der Waals surface area contributed by atoms with E-state index in [0.717, 1.165) is 0 Å². The molecule has 0 saturated heterocycles. The van der Waals surface area contributed by atoms with Gasteiger partial charge in [0.05, 0.1) is 17.2 Å². The second-order valence-electron chi connectivity index (χ2n) is 3.29. The number of halogens is 2. The number of aldehydes is 1. The van der Waals surface area contributed by atoms with Crippen LogP contribution in [0.3, 0.4) is 0 Å². The van der Waals surface area contributed by atoms with Crippen molar-refractivity contribution in [3.8, 4) is 17.1 Å². The molecule has 2 rings (SSSR count). The third-order valence-electron chi connectivity index (χ3n) is 2.25. The molecule has 0 spiro atoms. The molecular weight excluding hydrogens is 263 g/mol. The van der Waals surface area contributed by atoms with Gasteiger partial charge in [0.25, 0.3) is 0 Å². The maximum atomic E-state index is 10.5. The van der Waals surface area contributed by atoms with E-state index in [-0.39, 0.29) is 5.76 Å². The largest absolute Gasteiger partial charge is 0.495 e. The number of furan rings is 1. The Morgan fingerprint density at radius 3 is 2.59 bits per heavy atom. The smallest absolute Gasteiger partial charge is 0.185 e. The predicted molar refractivity (Wildman–Crippen MR) is 66.1 cm³/mol. The van der Waals surface area contributed by atoms with Crippen molar-refractivity contribution in [2.24, 2.45) is 0 Å². The highest BCUT2D eigenvalue weighted by molar-refractivity contribution is 6.36. The summed E-state index contributed by atoms with van der Waals surface area (Å²) in [4.78, 5) is 10.5. The highest BCUT2D eigenvalue weighted by atomic mass is 35.5. The lowest BCUT2D eigenvalue weighted by molar-refractivity contribution is 0.110. The van der Waals surface area contributed by atoms with Crippen molar-refractivity contribution in [2.45, 2.75) is 0 Å². The summed E-state index contributed by atoms with van der Waals surface area (Å²) in [6, 6.07) is 6.46. The van der Waals surface area contributed by atoms with E-state index in [1.54, 1.807) is 24.3 Å². The van der Waals surface area contributed by atoms with Crippen LogP contribution in [0.4, 0.5) is 0 Å². The Labute approximate surface area is 108 Å². The van der Waals surface area contributed by atoms with Crippen LogP contribution in [0, 0.1) is 0 Å². The number of ether oxygens (including phenoxy) is 1. The third-order valence-corrected chi connectivity index (χ3v) is 2.86. The summed E-state index contributed by atoms with van der Waals surface area (Å²) in [6.07, 6.45) is 0.628. The Morgan fingerprint density at radius 2 is 2.00 bits per heavy atom. The number of hydrogen-bond donors (Lipinski definition) is 0. The van der Waals surface area contributed by atoms with Gasteiger partial charge >= 0.3 is 0 Å². The van der Waals surface area contributed by atoms with Gasteiger partial charge in [-0.1, -0.05) is 23.2 Å². The Bertz CT molecular complexity index is 561. The molecule has 0 unspecified atom stereocenters. The van der Waals surface area contributed by atoms with Crippen LogP contribution in [0.25, 0.3) is 11.3 Å². The highest BCUT2D eigenvalue weighted by Gasteiger charge is 2.12. The zero-order valence-electron chi connectivity index (χ0n) is 8.87. The van der Waals surface area contributed by atoms with Gasteiger partial charge in [-0.05, 0) is 18.2 Å². The van der Waals surface area contributed by atoms with Crippen molar-refractivity contribution < 1.29 is 13.9 Å². The van der Waals surface area contributed by atoms with E-state index in [0.29, 0.717) is 33.4 Å². The summed E-state index contributed by atoms with van der Waals surface area (Å²) in [6.45, 7) is 0. The SMILES string of the molecule is COc1cc(Cl)c(-c2ccc(C=O)o2)cc1Cl. The minimum Gasteiger partial charge on any atom is -0.495 e. The number of benzene rings is 1.